The summed E-state index contributed by atoms with van der Waals surface area (Å²) >= 11 is 2.43. The van der Waals surface area contributed by atoms with E-state index < -0.39 is 4.92 Å². The summed E-state index contributed by atoms with van der Waals surface area (Å²) in [6.07, 6.45) is 3.11. The first kappa shape index (κ1) is 13.6. The Labute approximate surface area is 116 Å². The lowest BCUT2D eigenvalue weighted by molar-refractivity contribution is -0.402. The first-order valence-corrected chi connectivity index (χ1v) is 6.91. The van der Waals surface area contributed by atoms with Gasteiger partial charge in [-0.3, -0.25) is 14.9 Å². The second kappa shape index (κ2) is 5.89. The first-order chi connectivity index (χ1) is 9.10. The van der Waals surface area contributed by atoms with Gasteiger partial charge in [0.05, 0.1) is 6.07 Å². The highest BCUT2D eigenvalue weighted by Gasteiger charge is 2.23. The van der Waals surface area contributed by atoms with Gasteiger partial charge in [0.2, 0.25) is 5.12 Å². The molecule has 1 aliphatic heterocycles. The molecule has 8 heteroatoms. The maximum absolute atomic E-state index is 11.7. The molecule has 19 heavy (non-hydrogen) atoms. The first-order valence-electron chi connectivity index (χ1n) is 5.10. The van der Waals surface area contributed by atoms with Crippen molar-refractivity contribution in [2.75, 3.05) is 5.75 Å². The second-order valence-corrected chi connectivity index (χ2v) is 5.56. The van der Waals surface area contributed by atoms with Gasteiger partial charge in [-0.1, -0.05) is 17.8 Å². The molecule has 98 valence electrons. The minimum atomic E-state index is -0.637. The number of furan rings is 1. The van der Waals surface area contributed by atoms with Crippen molar-refractivity contribution in [2.45, 2.75) is 0 Å². The molecular weight excluding hydrogens is 288 g/mol. The third kappa shape index (κ3) is 3.36. The molecule has 0 saturated carbocycles. The quantitative estimate of drug-likeness (QED) is 0.367. The molecule has 1 aromatic heterocycles. The van der Waals surface area contributed by atoms with Gasteiger partial charge in [-0.25, -0.2) is 4.99 Å². The summed E-state index contributed by atoms with van der Waals surface area (Å²) in [6.45, 7) is 3.58. The molecule has 1 aliphatic rings. The summed E-state index contributed by atoms with van der Waals surface area (Å²) in [7, 11) is 0. The fourth-order valence-electron chi connectivity index (χ4n) is 1.23. The summed E-state index contributed by atoms with van der Waals surface area (Å²) in [5, 5.41) is 10.3. The molecule has 6 nitrogen and oxygen atoms in total. The van der Waals surface area contributed by atoms with E-state index in [4.69, 9.17) is 4.42 Å². The molecule has 0 atom stereocenters. The Hall–Kier alpha value is -1.80. The number of aliphatic imine (C=N–C) groups is 1. The van der Waals surface area contributed by atoms with E-state index in [-0.39, 0.29) is 22.5 Å². The van der Waals surface area contributed by atoms with E-state index in [2.05, 4.69) is 11.6 Å². The van der Waals surface area contributed by atoms with Crippen LogP contribution in [0.4, 0.5) is 5.88 Å². The Bertz CT molecular complexity index is 604. The van der Waals surface area contributed by atoms with Crippen molar-refractivity contribution in [3.8, 4) is 0 Å². The molecule has 1 aromatic rings. The van der Waals surface area contributed by atoms with Crippen molar-refractivity contribution in [1.29, 1.82) is 0 Å². The van der Waals surface area contributed by atoms with Crippen molar-refractivity contribution in [2.24, 2.45) is 4.99 Å². The average Bonchev–Trinajstić information content (AvgIpc) is 2.95. The van der Waals surface area contributed by atoms with Crippen molar-refractivity contribution in [3.63, 3.8) is 0 Å². The molecule has 0 aromatic carbocycles. The van der Waals surface area contributed by atoms with Crippen LogP contribution in [0.25, 0.3) is 6.08 Å². The topological polar surface area (TPSA) is 85.7 Å². The van der Waals surface area contributed by atoms with Crippen LogP contribution in [0, 0.1) is 10.1 Å². The van der Waals surface area contributed by atoms with E-state index in [1.54, 1.807) is 6.08 Å². The molecule has 0 N–H and O–H groups in total. The number of nitrogens with zero attached hydrogens (tertiary/aromatic N) is 2. The minimum Gasteiger partial charge on any atom is -0.401 e. The molecule has 0 fully saturated rings. The molecule has 0 amide bonds. The largest absolute Gasteiger partial charge is 0.433 e. The monoisotopic (exact) mass is 296 g/mol. The van der Waals surface area contributed by atoms with Crippen molar-refractivity contribution >= 4 is 45.0 Å². The van der Waals surface area contributed by atoms with Gasteiger partial charge in [-0.05, 0) is 17.8 Å². The van der Waals surface area contributed by atoms with Crippen LogP contribution < -0.4 is 0 Å². The molecule has 2 rings (SSSR count). The van der Waals surface area contributed by atoms with Gasteiger partial charge >= 0.3 is 5.88 Å². The van der Waals surface area contributed by atoms with Gasteiger partial charge in [0.25, 0.3) is 0 Å². The standard InChI is InChI=1S/C11H8N2O4S2/c1-2-5-18-11-12-8(10(14)19-11)6-7-3-4-9(17-7)13(15)16/h2-4,6H,1,5H2/b8-6+. The summed E-state index contributed by atoms with van der Waals surface area (Å²) in [4.78, 5) is 25.6. The van der Waals surface area contributed by atoms with Crippen LogP contribution in [-0.4, -0.2) is 20.2 Å². The molecular formula is C11H8N2O4S2. The van der Waals surface area contributed by atoms with Gasteiger partial charge in [-0.2, -0.15) is 0 Å². The number of rotatable bonds is 4. The Kier molecular flexibility index (Phi) is 4.23. The molecule has 2 heterocycles. The van der Waals surface area contributed by atoms with E-state index in [1.807, 2.05) is 0 Å². The van der Waals surface area contributed by atoms with Crippen LogP contribution in [-0.2, 0) is 4.79 Å². The van der Waals surface area contributed by atoms with E-state index in [0.717, 1.165) is 11.8 Å². The Morgan fingerprint density at radius 1 is 1.58 bits per heavy atom. The summed E-state index contributed by atoms with van der Waals surface area (Å²) < 4.78 is 5.58. The highest BCUT2D eigenvalue weighted by molar-refractivity contribution is 8.45. The molecule has 0 unspecified atom stereocenters. The number of hydrogen-bond donors (Lipinski definition) is 0. The molecule has 0 radical (unpaired) electrons. The number of carbonyl (C=O) groups is 1. The van der Waals surface area contributed by atoms with Gasteiger partial charge < -0.3 is 4.42 Å². The average molecular weight is 296 g/mol. The minimum absolute atomic E-state index is 0.203. The Morgan fingerprint density at radius 3 is 3.00 bits per heavy atom. The maximum Gasteiger partial charge on any atom is 0.433 e. The third-order valence-electron chi connectivity index (χ3n) is 2.00. The summed E-state index contributed by atoms with van der Waals surface area (Å²) in [6, 6.07) is 2.66. The summed E-state index contributed by atoms with van der Waals surface area (Å²) in [5.41, 5.74) is 0.223. The second-order valence-electron chi connectivity index (χ2n) is 3.33. The Balaban J connectivity index is 2.17. The van der Waals surface area contributed by atoms with Gasteiger partial charge in [0.15, 0.2) is 0 Å². The van der Waals surface area contributed by atoms with Crippen molar-refractivity contribution in [1.82, 2.24) is 0 Å². The van der Waals surface area contributed by atoms with E-state index in [1.165, 1.54) is 30.0 Å². The highest BCUT2D eigenvalue weighted by Crippen LogP contribution is 2.31. The zero-order chi connectivity index (χ0) is 13.8. The van der Waals surface area contributed by atoms with E-state index in [0.29, 0.717) is 10.1 Å². The van der Waals surface area contributed by atoms with Crippen molar-refractivity contribution < 1.29 is 14.1 Å². The maximum atomic E-state index is 11.7. The zero-order valence-electron chi connectivity index (χ0n) is 9.57. The molecule has 0 bridgehead atoms. The number of nitro groups is 1. The smallest absolute Gasteiger partial charge is 0.401 e. The number of carbonyl (C=O) groups excluding carboxylic acids is 1. The van der Waals surface area contributed by atoms with E-state index >= 15 is 0 Å². The van der Waals surface area contributed by atoms with Crippen molar-refractivity contribution in [3.05, 3.63) is 46.4 Å². The number of thioether (sulfide) groups is 2. The van der Waals surface area contributed by atoms with Gasteiger partial charge in [0.1, 0.15) is 20.8 Å². The lowest BCUT2D eigenvalue weighted by Gasteiger charge is -1.90. The van der Waals surface area contributed by atoms with Crippen LogP contribution in [0.3, 0.4) is 0 Å². The van der Waals surface area contributed by atoms with Gasteiger partial charge in [0, 0.05) is 11.8 Å². The fraction of sp³-hybridized carbons (Fsp3) is 0.0909. The van der Waals surface area contributed by atoms with Crippen LogP contribution in [0.2, 0.25) is 0 Å². The molecule has 0 saturated heterocycles. The molecule has 0 spiro atoms. The van der Waals surface area contributed by atoms with Crippen LogP contribution in [0.5, 0.6) is 0 Å². The highest BCUT2D eigenvalue weighted by atomic mass is 32.2. The summed E-state index contributed by atoms with van der Waals surface area (Å²) in [5.74, 6) is 0.531. The predicted octanol–water partition coefficient (Wildman–Crippen LogP) is 3.08. The number of hydrogen-bond acceptors (Lipinski definition) is 7. The predicted molar refractivity (Wildman–Crippen MR) is 76.0 cm³/mol. The van der Waals surface area contributed by atoms with Gasteiger partial charge in [-0.15, -0.1) is 6.58 Å². The van der Waals surface area contributed by atoms with Crippen LogP contribution in [0.15, 0.2) is 39.9 Å². The molecule has 0 aliphatic carbocycles. The zero-order valence-corrected chi connectivity index (χ0v) is 11.2. The Morgan fingerprint density at radius 2 is 2.37 bits per heavy atom. The fourth-order valence-corrected chi connectivity index (χ4v) is 2.84. The third-order valence-corrected chi connectivity index (χ3v) is 4.00. The van der Waals surface area contributed by atoms with Crippen LogP contribution in [0.1, 0.15) is 5.76 Å². The lowest BCUT2D eigenvalue weighted by atomic mass is 10.3. The lowest BCUT2D eigenvalue weighted by Crippen LogP contribution is -1.87. The SMILES string of the molecule is C=CCSC1=N/C(=C/c2ccc([N+](=O)[O-])o2)C(=O)S1. The van der Waals surface area contributed by atoms with Crippen LogP contribution >= 0.6 is 23.5 Å². The normalized spacial score (nSPS) is 16.7. The van der Waals surface area contributed by atoms with E-state index in [9.17, 15) is 14.9 Å².